The van der Waals surface area contributed by atoms with Crippen LogP contribution in [0, 0.1) is 0 Å². The Bertz CT molecular complexity index is 435. The molecule has 1 aromatic rings. The van der Waals surface area contributed by atoms with Crippen molar-refractivity contribution in [1.82, 2.24) is 0 Å². The zero-order valence-corrected chi connectivity index (χ0v) is 10.2. The third kappa shape index (κ3) is 3.52. The van der Waals surface area contributed by atoms with E-state index in [-0.39, 0.29) is 5.75 Å². The molecule has 17 heavy (non-hydrogen) atoms. The Morgan fingerprint density at radius 1 is 1.47 bits per heavy atom. The lowest BCUT2D eigenvalue weighted by atomic mass is 10.1. The van der Waals surface area contributed by atoms with E-state index in [1.807, 2.05) is 0 Å². The number of methoxy groups -OCH3 is 1. The molecule has 1 rings (SSSR count). The molecule has 4 heteroatoms. The zero-order chi connectivity index (χ0) is 12.8. The molecule has 0 amide bonds. The number of ether oxygens (including phenoxy) is 2. The number of phenols is 1. The van der Waals surface area contributed by atoms with Gasteiger partial charge in [0.05, 0.1) is 13.7 Å². The molecule has 0 spiro atoms. The van der Waals surface area contributed by atoms with Crippen LogP contribution in [0.5, 0.6) is 11.5 Å². The molecule has 0 bridgehead atoms. The average Bonchev–Trinajstić information content (AvgIpc) is 2.32. The highest BCUT2D eigenvalue weighted by molar-refractivity contribution is 5.93. The molecule has 0 aliphatic carbocycles. The quantitative estimate of drug-likeness (QED) is 0.644. The van der Waals surface area contributed by atoms with Gasteiger partial charge >= 0.3 is 5.97 Å². The maximum Gasteiger partial charge on any atom is 0.333 e. The molecular formula is C13H16O4. The van der Waals surface area contributed by atoms with Gasteiger partial charge in [0.25, 0.3) is 0 Å². The Morgan fingerprint density at radius 3 is 2.76 bits per heavy atom. The maximum atomic E-state index is 11.4. The van der Waals surface area contributed by atoms with E-state index in [1.54, 1.807) is 32.1 Å². The molecule has 0 heterocycles. The molecule has 0 saturated heterocycles. The van der Waals surface area contributed by atoms with Gasteiger partial charge in [0, 0.05) is 11.1 Å². The van der Waals surface area contributed by atoms with Crippen molar-refractivity contribution >= 4 is 12.0 Å². The Morgan fingerprint density at radius 2 is 2.18 bits per heavy atom. The van der Waals surface area contributed by atoms with Crippen LogP contribution in [0.2, 0.25) is 0 Å². The Kier molecular flexibility index (Phi) is 4.57. The molecule has 92 valence electrons. The van der Waals surface area contributed by atoms with Gasteiger partial charge in [-0.15, -0.1) is 0 Å². The fourth-order valence-corrected chi connectivity index (χ4v) is 1.31. The van der Waals surface area contributed by atoms with Crippen LogP contribution in [0.25, 0.3) is 6.08 Å². The van der Waals surface area contributed by atoms with Gasteiger partial charge in [0.2, 0.25) is 0 Å². The minimum atomic E-state index is -0.394. The second kappa shape index (κ2) is 5.94. The first-order valence-corrected chi connectivity index (χ1v) is 5.31. The number of carbonyl (C=O) groups is 1. The average molecular weight is 236 g/mol. The number of benzene rings is 1. The first-order chi connectivity index (χ1) is 8.08. The summed E-state index contributed by atoms with van der Waals surface area (Å²) in [6.07, 6.45) is 1.57. The number of hydrogen-bond acceptors (Lipinski definition) is 4. The Hall–Kier alpha value is -1.97. The third-order valence-corrected chi connectivity index (χ3v) is 2.20. The largest absolute Gasteiger partial charge is 0.507 e. The van der Waals surface area contributed by atoms with E-state index in [4.69, 9.17) is 9.47 Å². The van der Waals surface area contributed by atoms with E-state index in [0.29, 0.717) is 23.5 Å². The highest BCUT2D eigenvalue weighted by Gasteiger charge is 2.07. The molecule has 0 radical (unpaired) electrons. The molecule has 0 aliphatic heterocycles. The first kappa shape index (κ1) is 13.1. The number of carbonyl (C=O) groups excluding carboxylic acids is 1. The second-order valence-corrected chi connectivity index (χ2v) is 3.47. The predicted molar refractivity (Wildman–Crippen MR) is 64.9 cm³/mol. The van der Waals surface area contributed by atoms with Crippen LogP contribution < -0.4 is 4.74 Å². The topological polar surface area (TPSA) is 55.8 Å². The number of rotatable bonds is 4. The molecule has 0 saturated carbocycles. The lowest BCUT2D eigenvalue weighted by Crippen LogP contribution is -2.04. The van der Waals surface area contributed by atoms with Gasteiger partial charge in [-0.2, -0.15) is 0 Å². The molecule has 1 N–H and O–H groups in total. The van der Waals surface area contributed by atoms with Crippen molar-refractivity contribution in [2.24, 2.45) is 0 Å². The minimum absolute atomic E-state index is 0.0921. The van der Waals surface area contributed by atoms with Crippen molar-refractivity contribution in [3.8, 4) is 11.5 Å². The highest BCUT2D eigenvalue weighted by Crippen LogP contribution is 2.25. The molecule has 0 atom stereocenters. The summed E-state index contributed by atoms with van der Waals surface area (Å²) in [6, 6.07) is 4.81. The number of esters is 1. The van der Waals surface area contributed by atoms with Gasteiger partial charge in [0.15, 0.2) is 0 Å². The van der Waals surface area contributed by atoms with Gasteiger partial charge in [-0.25, -0.2) is 4.79 Å². The molecule has 0 unspecified atom stereocenters. The van der Waals surface area contributed by atoms with Gasteiger partial charge < -0.3 is 14.6 Å². The summed E-state index contributed by atoms with van der Waals surface area (Å²) in [6.45, 7) is 3.71. The molecule has 4 nitrogen and oxygen atoms in total. The summed E-state index contributed by atoms with van der Waals surface area (Å²) in [5, 5.41) is 9.64. The van der Waals surface area contributed by atoms with Gasteiger partial charge in [-0.05, 0) is 38.1 Å². The highest BCUT2D eigenvalue weighted by atomic mass is 16.5. The van der Waals surface area contributed by atoms with Crippen LogP contribution in [0.15, 0.2) is 23.8 Å². The lowest BCUT2D eigenvalue weighted by Gasteiger charge is -2.05. The monoisotopic (exact) mass is 236 g/mol. The molecule has 0 fully saturated rings. The van der Waals surface area contributed by atoms with Crippen LogP contribution >= 0.6 is 0 Å². The smallest absolute Gasteiger partial charge is 0.333 e. The number of phenolic OH excluding ortho intramolecular Hbond substituents is 1. The van der Waals surface area contributed by atoms with Crippen LogP contribution in [0.1, 0.15) is 19.4 Å². The fraction of sp³-hybridized carbons (Fsp3) is 0.308. The minimum Gasteiger partial charge on any atom is -0.507 e. The van der Waals surface area contributed by atoms with Crippen molar-refractivity contribution in [2.45, 2.75) is 13.8 Å². The van der Waals surface area contributed by atoms with Crippen molar-refractivity contribution < 1.29 is 19.4 Å². The molecule has 1 aromatic carbocycles. The summed E-state index contributed by atoms with van der Waals surface area (Å²) in [5.74, 6) is 0.315. The van der Waals surface area contributed by atoms with E-state index in [2.05, 4.69) is 0 Å². The van der Waals surface area contributed by atoms with Crippen LogP contribution in [0.4, 0.5) is 0 Å². The third-order valence-electron chi connectivity index (χ3n) is 2.20. The van der Waals surface area contributed by atoms with E-state index in [0.717, 1.165) is 0 Å². The second-order valence-electron chi connectivity index (χ2n) is 3.47. The normalized spacial score (nSPS) is 11.1. The molecular weight excluding hydrogens is 220 g/mol. The lowest BCUT2D eigenvalue weighted by molar-refractivity contribution is -0.138. The van der Waals surface area contributed by atoms with E-state index in [9.17, 15) is 9.90 Å². The zero-order valence-electron chi connectivity index (χ0n) is 10.2. The summed E-state index contributed by atoms with van der Waals surface area (Å²) in [4.78, 5) is 11.4. The first-order valence-electron chi connectivity index (χ1n) is 5.31. The van der Waals surface area contributed by atoms with Crippen LogP contribution in [-0.4, -0.2) is 24.8 Å². The SMILES string of the molecule is CCOC(=O)/C(C)=C/c1cc(OC)ccc1O. The summed E-state index contributed by atoms with van der Waals surface area (Å²) < 4.78 is 9.90. The van der Waals surface area contributed by atoms with Gasteiger partial charge in [-0.1, -0.05) is 0 Å². The standard InChI is InChI=1S/C13H16O4/c1-4-17-13(15)9(2)7-10-8-11(16-3)5-6-12(10)14/h5-8,14H,4H2,1-3H3/b9-7+. The summed E-state index contributed by atoms with van der Waals surface area (Å²) in [5.41, 5.74) is 0.949. The van der Waals surface area contributed by atoms with Crippen molar-refractivity contribution in [3.63, 3.8) is 0 Å². The predicted octanol–water partition coefficient (Wildman–Crippen LogP) is 2.37. The summed E-state index contributed by atoms with van der Waals surface area (Å²) >= 11 is 0. The van der Waals surface area contributed by atoms with E-state index < -0.39 is 5.97 Å². The van der Waals surface area contributed by atoms with E-state index in [1.165, 1.54) is 13.2 Å². The van der Waals surface area contributed by atoms with Crippen molar-refractivity contribution in [2.75, 3.05) is 13.7 Å². The number of aromatic hydroxyl groups is 1. The van der Waals surface area contributed by atoms with Gasteiger partial charge in [-0.3, -0.25) is 0 Å². The van der Waals surface area contributed by atoms with Gasteiger partial charge in [0.1, 0.15) is 11.5 Å². The van der Waals surface area contributed by atoms with Crippen LogP contribution in [0.3, 0.4) is 0 Å². The summed E-state index contributed by atoms with van der Waals surface area (Å²) in [7, 11) is 1.54. The maximum absolute atomic E-state index is 11.4. The Labute approximate surface area is 100 Å². The molecule has 0 aliphatic rings. The van der Waals surface area contributed by atoms with E-state index >= 15 is 0 Å². The van der Waals surface area contributed by atoms with Crippen LogP contribution in [-0.2, 0) is 9.53 Å². The Balaban J connectivity index is 3.00. The number of hydrogen-bond donors (Lipinski definition) is 1. The molecule has 0 aromatic heterocycles. The van der Waals surface area contributed by atoms with Crippen molar-refractivity contribution in [1.29, 1.82) is 0 Å². The van der Waals surface area contributed by atoms with Crippen molar-refractivity contribution in [3.05, 3.63) is 29.3 Å². The fourth-order valence-electron chi connectivity index (χ4n) is 1.31.